The highest BCUT2D eigenvalue weighted by Crippen LogP contribution is 2.38. The van der Waals surface area contributed by atoms with Crippen LogP contribution in [0.5, 0.6) is 0 Å². The average molecular weight is 519 g/mol. The van der Waals surface area contributed by atoms with E-state index in [0.29, 0.717) is 0 Å². The molecule has 7 heteroatoms. The summed E-state index contributed by atoms with van der Waals surface area (Å²) in [6.07, 6.45) is 9.97. The summed E-state index contributed by atoms with van der Waals surface area (Å²) in [4.78, 5) is 38.5. The molecule has 2 aromatic heterocycles. The lowest BCUT2D eigenvalue weighted by molar-refractivity contribution is -0.140. The maximum absolute atomic E-state index is 14.0. The van der Waals surface area contributed by atoms with E-state index in [2.05, 4.69) is 40.8 Å². The van der Waals surface area contributed by atoms with E-state index in [9.17, 15) is 9.59 Å². The van der Waals surface area contributed by atoms with Gasteiger partial charge in [0.05, 0.1) is 17.3 Å². The van der Waals surface area contributed by atoms with Gasteiger partial charge in [0.25, 0.3) is 0 Å². The Bertz CT molecular complexity index is 1270. The average Bonchev–Trinajstić information content (AvgIpc) is 3.60. The summed E-state index contributed by atoms with van der Waals surface area (Å²) in [6, 6.07) is 7.88. The minimum Gasteiger partial charge on any atom is -0.344 e. The van der Waals surface area contributed by atoms with E-state index in [1.54, 1.807) is 11.3 Å². The van der Waals surface area contributed by atoms with E-state index < -0.39 is 6.04 Å². The zero-order valence-corrected chi connectivity index (χ0v) is 23.0. The van der Waals surface area contributed by atoms with Gasteiger partial charge in [-0.15, -0.1) is 11.3 Å². The van der Waals surface area contributed by atoms with Crippen LogP contribution in [0.2, 0.25) is 0 Å². The lowest BCUT2D eigenvalue weighted by Crippen LogP contribution is -2.53. The Labute approximate surface area is 223 Å². The number of nitrogens with one attached hydrogen (secondary N) is 1. The van der Waals surface area contributed by atoms with E-state index in [1.165, 1.54) is 12.0 Å². The van der Waals surface area contributed by atoms with Crippen LogP contribution in [0.4, 0.5) is 0 Å². The largest absolute Gasteiger partial charge is 0.344 e. The van der Waals surface area contributed by atoms with Crippen molar-refractivity contribution in [3.05, 3.63) is 46.4 Å². The van der Waals surface area contributed by atoms with Gasteiger partial charge in [0, 0.05) is 35.0 Å². The van der Waals surface area contributed by atoms with Crippen molar-refractivity contribution in [1.82, 2.24) is 20.2 Å². The lowest BCUT2D eigenvalue weighted by atomic mass is 9.83. The van der Waals surface area contributed by atoms with Crippen molar-refractivity contribution in [2.45, 2.75) is 84.2 Å². The second-order valence-corrected chi connectivity index (χ2v) is 11.7. The smallest absolute Gasteiger partial charge is 0.246 e. The molecule has 1 aromatic carbocycles. The summed E-state index contributed by atoms with van der Waals surface area (Å²) in [5.74, 6) is 0.203. The molecule has 2 amide bonds. The van der Waals surface area contributed by atoms with E-state index in [1.807, 2.05) is 31.0 Å². The molecule has 1 aliphatic heterocycles. The first kappa shape index (κ1) is 25.8. The van der Waals surface area contributed by atoms with Crippen molar-refractivity contribution in [2.24, 2.45) is 11.8 Å². The third kappa shape index (κ3) is 5.42. The highest BCUT2D eigenvalue weighted by molar-refractivity contribution is 7.10. The monoisotopic (exact) mass is 518 g/mol. The molecule has 3 aromatic rings. The molecule has 5 rings (SSSR count). The van der Waals surface area contributed by atoms with Crippen LogP contribution in [0, 0.1) is 18.8 Å². The van der Waals surface area contributed by atoms with Crippen LogP contribution < -0.4 is 5.32 Å². The number of thiazole rings is 1. The quantitative estimate of drug-likeness (QED) is 0.390. The molecule has 196 valence electrons. The van der Waals surface area contributed by atoms with Gasteiger partial charge in [-0.3, -0.25) is 14.6 Å². The third-order valence-electron chi connectivity index (χ3n) is 8.26. The second kappa shape index (κ2) is 11.3. The summed E-state index contributed by atoms with van der Waals surface area (Å²) < 4.78 is 0. The van der Waals surface area contributed by atoms with Crippen molar-refractivity contribution in [1.29, 1.82) is 0 Å². The number of hydrogen-bond acceptors (Lipinski definition) is 5. The Hall–Kier alpha value is -2.80. The van der Waals surface area contributed by atoms with E-state index >= 15 is 0 Å². The van der Waals surface area contributed by atoms with Gasteiger partial charge < -0.3 is 10.2 Å². The first-order chi connectivity index (χ1) is 18.0. The molecule has 0 spiro atoms. The summed E-state index contributed by atoms with van der Waals surface area (Å²) >= 11 is 1.63. The van der Waals surface area contributed by atoms with Crippen molar-refractivity contribution in [3.8, 4) is 11.3 Å². The summed E-state index contributed by atoms with van der Waals surface area (Å²) in [6.45, 7) is 6.76. The standard InChI is InChI=1S/C30H38N4O2S/c1-4-20(3)28(35)33-27(21-9-6-5-7-10-21)30(36)34-16-8-11-26(34)29-32-25(18-37-29)23-14-15-31-24-17-19(2)12-13-22(23)24/h12-15,17-18,20-21,26-27H,4-11,16H2,1-3H3,(H,33,35)/t20-,26+,27+/m1/s1. The molecule has 1 N–H and O–H groups in total. The SMILES string of the molecule is CC[C@@H](C)C(=O)N[C@H](C(=O)N1CCC[C@H]1c1nc(-c2ccnc3cc(C)ccc23)cs1)C1CCCCC1. The molecule has 3 atom stereocenters. The number of hydrogen-bond donors (Lipinski definition) is 1. The van der Waals surface area contributed by atoms with Gasteiger partial charge in [-0.2, -0.15) is 0 Å². The van der Waals surface area contributed by atoms with Gasteiger partial charge >= 0.3 is 0 Å². The molecular weight excluding hydrogens is 480 g/mol. The van der Waals surface area contributed by atoms with Crippen molar-refractivity contribution in [2.75, 3.05) is 6.54 Å². The molecule has 0 radical (unpaired) electrons. The Morgan fingerprint density at radius 1 is 1.14 bits per heavy atom. The molecule has 1 aliphatic carbocycles. The molecule has 0 bridgehead atoms. The van der Waals surface area contributed by atoms with Crippen LogP contribution in [-0.4, -0.2) is 39.3 Å². The van der Waals surface area contributed by atoms with Crippen LogP contribution in [0.3, 0.4) is 0 Å². The van der Waals surface area contributed by atoms with E-state index in [4.69, 9.17) is 4.98 Å². The fourth-order valence-corrected chi connectivity index (χ4v) is 6.81. The first-order valence-electron chi connectivity index (χ1n) is 13.9. The lowest BCUT2D eigenvalue weighted by Gasteiger charge is -2.35. The summed E-state index contributed by atoms with van der Waals surface area (Å²) in [5.41, 5.74) is 4.16. The van der Waals surface area contributed by atoms with Crippen molar-refractivity contribution >= 4 is 34.1 Å². The Morgan fingerprint density at radius 3 is 2.73 bits per heavy atom. The maximum atomic E-state index is 14.0. The normalized spacial score (nSPS) is 20.2. The Balaban J connectivity index is 1.40. The van der Waals surface area contributed by atoms with Crippen LogP contribution in [0.25, 0.3) is 22.2 Å². The maximum Gasteiger partial charge on any atom is 0.246 e. The molecule has 3 heterocycles. The Morgan fingerprint density at radius 2 is 1.95 bits per heavy atom. The number of aromatic nitrogens is 2. The number of amides is 2. The number of pyridine rings is 1. The summed E-state index contributed by atoms with van der Waals surface area (Å²) in [5, 5.41) is 7.37. The molecular formula is C30H38N4O2S. The van der Waals surface area contributed by atoms with E-state index in [0.717, 1.165) is 78.7 Å². The van der Waals surface area contributed by atoms with Crippen LogP contribution >= 0.6 is 11.3 Å². The fourth-order valence-electron chi connectivity index (χ4n) is 5.84. The van der Waals surface area contributed by atoms with Gasteiger partial charge in [-0.1, -0.05) is 45.2 Å². The van der Waals surface area contributed by atoms with Gasteiger partial charge in [-0.25, -0.2) is 4.98 Å². The van der Waals surface area contributed by atoms with Crippen molar-refractivity contribution in [3.63, 3.8) is 0 Å². The highest BCUT2D eigenvalue weighted by atomic mass is 32.1. The number of benzene rings is 1. The van der Waals surface area contributed by atoms with Gasteiger partial charge in [0.2, 0.25) is 11.8 Å². The predicted octanol–water partition coefficient (Wildman–Crippen LogP) is 6.44. The minimum atomic E-state index is -0.436. The molecule has 2 aliphatic rings. The Kier molecular flexibility index (Phi) is 7.89. The number of carbonyl (C=O) groups excluding carboxylic acids is 2. The van der Waals surface area contributed by atoms with Crippen molar-refractivity contribution < 1.29 is 9.59 Å². The molecule has 0 unspecified atom stereocenters. The molecule has 2 fully saturated rings. The second-order valence-electron chi connectivity index (χ2n) is 10.8. The predicted molar refractivity (Wildman–Crippen MR) is 149 cm³/mol. The van der Waals surface area contributed by atoms with E-state index in [-0.39, 0.29) is 29.7 Å². The van der Waals surface area contributed by atoms with Crippen LogP contribution in [-0.2, 0) is 9.59 Å². The number of fused-ring (bicyclic) bond motifs is 1. The van der Waals surface area contributed by atoms with Crippen LogP contribution in [0.1, 0.15) is 81.8 Å². The zero-order valence-electron chi connectivity index (χ0n) is 22.2. The third-order valence-corrected chi connectivity index (χ3v) is 9.21. The first-order valence-corrected chi connectivity index (χ1v) is 14.8. The topological polar surface area (TPSA) is 75.2 Å². The van der Waals surface area contributed by atoms with Gasteiger partial charge in [0.1, 0.15) is 11.0 Å². The molecule has 37 heavy (non-hydrogen) atoms. The fraction of sp³-hybridized carbons (Fsp3) is 0.533. The summed E-state index contributed by atoms with van der Waals surface area (Å²) in [7, 11) is 0. The van der Waals surface area contributed by atoms with Gasteiger partial charge in [0.15, 0.2) is 0 Å². The number of nitrogens with zero attached hydrogens (tertiary/aromatic N) is 3. The zero-order chi connectivity index (χ0) is 25.9. The van der Waals surface area contributed by atoms with Gasteiger partial charge in [-0.05, 0) is 62.6 Å². The molecule has 6 nitrogen and oxygen atoms in total. The number of likely N-dealkylation sites (tertiary alicyclic amines) is 1. The number of carbonyl (C=O) groups is 2. The highest BCUT2D eigenvalue weighted by Gasteiger charge is 2.40. The minimum absolute atomic E-state index is 0.00138. The molecule has 1 saturated heterocycles. The molecule has 1 saturated carbocycles. The van der Waals surface area contributed by atoms with Crippen LogP contribution in [0.15, 0.2) is 35.8 Å². The number of aryl methyl sites for hydroxylation is 1. The number of rotatable bonds is 7.